The van der Waals surface area contributed by atoms with Crippen LogP contribution < -0.4 is 5.32 Å². The topological polar surface area (TPSA) is 55.4 Å². The lowest BCUT2D eigenvalue weighted by molar-refractivity contribution is 0.0533. The minimum absolute atomic E-state index is 0.233. The summed E-state index contributed by atoms with van der Waals surface area (Å²) in [5.41, 5.74) is 1.59. The van der Waals surface area contributed by atoms with Crippen molar-refractivity contribution in [2.45, 2.75) is 6.92 Å². The Bertz CT molecular complexity index is 986. The van der Waals surface area contributed by atoms with Crippen molar-refractivity contribution < 1.29 is 14.3 Å². The minimum atomic E-state index is -0.484. The van der Waals surface area contributed by atoms with Crippen LogP contribution in [0.15, 0.2) is 54.6 Å². The average molecular weight is 420 g/mol. The Morgan fingerprint density at radius 2 is 1.81 bits per heavy atom. The van der Waals surface area contributed by atoms with Crippen molar-refractivity contribution >= 4 is 52.1 Å². The highest BCUT2D eigenvalue weighted by Gasteiger charge is 2.21. The molecule has 0 aliphatic rings. The summed E-state index contributed by atoms with van der Waals surface area (Å²) in [4.78, 5) is 26.1. The zero-order valence-electron chi connectivity index (χ0n) is 14.3. The third kappa shape index (κ3) is 4.50. The molecule has 7 heteroatoms. The third-order valence-electron chi connectivity index (χ3n) is 3.68. The molecule has 0 atom stereocenters. The molecule has 0 aliphatic heterocycles. The number of halogens is 2. The Hall–Kier alpha value is -2.34. The smallest absolute Gasteiger partial charge is 0.350 e. The SMILES string of the molecule is CCOC(=O)c1sc(-c2ccccc2)cc1NC(=O)c1ccc(Cl)cc1Cl. The van der Waals surface area contributed by atoms with E-state index in [1.807, 2.05) is 30.3 Å². The molecule has 1 N–H and O–H groups in total. The zero-order chi connectivity index (χ0) is 19.4. The summed E-state index contributed by atoms with van der Waals surface area (Å²) in [5.74, 6) is -0.915. The highest BCUT2D eigenvalue weighted by atomic mass is 35.5. The second-order valence-electron chi connectivity index (χ2n) is 5.52. The Morgan fingerprint density at radius 1 is 1.07 bits per heavy atom. The van der Waals surface area contributed by atoms with E-state index in [-0.39, 0.29) is 17.2 Å². The Kier molecular flexibility index (Phi) is 6.16. The van der Waals surface area contributed by atoms with Crippen LogP contribution in [0.3, 0.4) is 0 Å². The second kappa shape index (κ2) is 8.57. The van der Waals surface area contributed by atoms with Crippen molar-refractivity contribution in [2.24, 2.45) is 0 Å². The van der Waals surface area contributed by atoms with Gasteiger partial charge in [-0.2, -0.15) is 0 Å². The van der Waals surface area contributed by atoms with E-state index in [0.717, 1.165) is 10.4 Å². The van der Waals surface area contributed by atoms with Gasteiger partial charge in [-0.1, -0.05) is 53.5 Å². The van der Waals surface area contributed by atoms with Crippen molar-refractivity contribution in [1.82, 2.24) is 0 Å². The Labute approximate surface area is 170 Å². The third-order valence-corrected chi connectivity index (χ3v) is 5.39. The van der Waals surface area contributed by atoms with Gasteiger partial charge in [0.25, 0.3) is 5.91 Å². The summed E-state index contributed by atoms with van der Waals surface area (Å²) >= 11 is 13.2. The molecule has 27 heavy (non-hydrogen) atoms. The van der Waals surface area contributed by atoms with Crippen LogP contribution in [-0.4, -0.2) is 18.5 Å². The van der Waals surface area contributed by atoms with Gasteiger partial charge in [-0.3, -0.25) is 4.79 Å². The predicted octanol–water partition coefficient (Wildman–Crippen LogP) is 6.15. The number of esters is 1. The number of thiophene rings is 1. The second-order valence-corrected chi connectivity index (χ2v) is 7.41. The van der Waals surface area contributed by atoms with E-state index in [4.69, 9.17) is 27.9 Å². The number of carbonyl (C=O) groups is 2. The fraction of sp³-hybridized carbons (Fsp3) is 0.100. The summed E-state index contributed by atoms with van der Waals surface area (Å²) < 4.78 is 5.12. The van der Waals surface area contributed by atoms with Gasteiger partial charge in [-0.15, -0.1) is 11.3 Å². The molecule has 0 bridgehead atoms. The van der Waals surface area contributed by atoms with Crippen LogP contribution >= 0.6 is 34.5 Å². The average Bonchev–Trinajstić information content (AvgIpc) is 3.06. The van der Waals surface area contributed by atoms with Crippen LogP contribution in [0.25, 0.3) is 10.4 Å². The monoisotopic (exact) mass is 419 g/mol. The van der Waals surface area contributed by atoms with Gasteiger partial charge in [0, 0.05) is 9.90 Å². The minimum Gasteiger partial charge on any atom is -0.462 e. The van der Waals surface area contributed by atoms with Crippen molar-refractivity contribution in [3.63, 3.8) is 0 Å². The quantitative estimate of drug-likeness (QED) is 0.504. The van der Waals surface area contributed by atoms with Crippen LogP contribution in [0.1, 0.15) is 27.0 Å². The van der Waals surface area contributed by atoms with Gasteiger partial charge in [0.05, 0.1) is 22.9 Å². The number of ether oxygens (including phenoxy) is 1. The zero-order valence-corrected chi connectivity index (χ0v) is 16.6. The highest BCUT2D eigenvalue weighted by molar-refractivity contribution is 7.18. The van der Waals surface area contributed by atoms with Crippen LogP contribution in [0, 0.1) is 0 Å². The van der Waals surface area contributed by atoms with Gasteiger partial charge in [0.15, 0.2) is 0 Å². The molecule has 3 rings (SSSR count). The maximum atomic E-state index is 12.6. The maximum absolute atomic E-state index is 12.6. The lowest BCUT2D eigenvalue weighted by Gasteiger charge is -2.07. The van der Waals surface area contributed by atoms with Gasteiger partial charge < -0.3 is 10.1 Å². The number of rotatable bonds is 5. The molecule has 1 aromatic heterocycles. The molecule has 138 valence electrons. The fourth-order valence-corrected chi connectivity index (χ4v) is 3.95. The molecule has 0 saturated carbocycles. The van der Waals surface area contributed by atoms with Crippen LogP contribution in [0.4, 0.5) is 5.69 Å². The summed E-state index contributed by atoms with van der Waals surface area (Å²) in [6.45, 7) is 1.98. The number of hydrogen-bond donors (Lipinski definition) is 1. The fourth-order valence-electron chi connectivity index (χ4n) is 2.44. The molecule has 4 nitrogen and oxygen atoms in total. The number of anilines is 1. The first-order valence-electron chi connectivity index (χ1n) is 8.12. The Morgan fingerprint density at radius 3 is 2.48 bits per heavy atom. The molecule has 0 radical (unpaired) electrons. The van der Waals surface area contributed by atoms with Crippen molar-refractivity contribution in [2.75, 3.05) is 11.9 Å². The number of carbonyl (C=O) groups excluding carboxylic acids is 2. The molecule has 1 amide bonds. The molecule has 0 saturated heterocycles. The normalized spacial score (nSPS) is 10.5. The van der Waals surface area contributed by atoms with Crippen molar-refractivity contribution in [3.05, 3.63) is 75.1 Å². The van der Waals surface area contributed by atoms with Gasteiger partial charge in [-0.05, 0) is 36.8 Å². The van der Waals surface area contributed by atoms with E-state index in [0.29, 0.717) is 15.6 Å². The van der Waals surface area contributed by atoms with Gasteiger partial charge >= 0.3 is 5.97 Å². The van der Waals surface area contributed by atoms with E-state index in [1.165, 1.54) is 23.5 Å². The van der Waals surface area contributed by atoms with Crippen molar-refractivity contribution in [3.8, 4) is 10.4 Å². The molecule has 0 fully saturated rings. The number of hydrogen-bond acceptors (Lipinski definition) is 4. The van der Waals surface area contributed by atoms with Crippen LogP contribution in [0.5, 0.6) is 0 Å². The van der Waals surface area contributed by atoms with E-state index >= 15 is 0 Å². The van der Waals surface area contributed by atoms with E-state index in [9.17, 15) is 9.59 Å². The highest BCUT2D eigenvalue weighted by Crippen LogP contribution is 2.36. The lowest BCUT2D eigenvalue weighted by Crippen LogP contribution is -2.14. The first-order valence-corrected chi connectivity index (χ1v) is 9.69. The predicted molar refractivity (Wildman–Crippen MR) is 110 cm³/mol. The molecule has 0 aliphatic carbocycles. The molecule has 2 aromatic carbocycles. The van der Waals surface area contributed by atoms with Gasteiger partial charge in [-0.25, -0.2) is 4.79 Å². The van der Waals surface area contributed by atoms with Crippen LogP contribution in [0.2, 0.25) is 10.0 Å². The molecular weight excluding hydrogens is 405 g/mol. The van der Waals surface area contributed by atoms with E-state index < -0.39 is 11.9 Å². The van der Waals surface area contributed by atoms with Crippen LogP contribution in [-0.2, 0) is 4.74 Å². The molecular formula is C20H15Cl2NO3S. The number of benzene rings is 2. The molecule has 1 heterocycles. The van der Waals surface area contributed by atoms with Gasteiger partial charge in [0.1, 0.15) is 4.88 Å². The Balaban J connectivity index is 1.96. The van der Waals surface area contributed by atoms with E-state index in [1.54, 1.807) is 19.1 Å². The van der Waals surface area contributed by atoms with Crippen molar-refractivity contribution in [1.29, 1.82) is 0 Å². The first-order chi connectivity index (χ1) is 13.0. The summed E-state index contributed by atoms with van der Waals surface area (Å²) in [7, 11) is 0. The van der Waals surface area contributed by atoms with E-state index in [2.05, 4.69) is 5.32 Å². The standard InChI is InChI=1S/C20H15Cl2NO3S/c1-2-26-20(25)18-16(11-17(27-18)12-6-4-3-5-7-12)23-19(24)14-9-8-13(21)10-15(14)22/h3-11H,2H2,1H3,(H,23,24). The molecule has 0 unspecified atom stereocenters. The maximum Gasteiger partial charge on any atom is 0.350 e. The lowest BCUT2D eigenvalue weighted by atomic mass is 10.1. The number of amides is 1. The first kappa shape index (κ1) is 19.4. The largest absolute Gasteiger partial charge is 0.462 e. The molecule has 0 spiro atoms. The summed E-state index contributed by atoms with van der Waals surface area (Å²) in [5, 5.41) is 3.43. The number of nitrogens with one attached hydrogen (secondary N) is 1. The summed E-state index contributed by atoms with van der Waals surface area (Å²) in [6, 6.07) is 16.0. The molecule has 3 aromatic rings. The van der Waals surface area contributed by atoms with Gasteiger partial charge in [0.2, 0.25) is 0 Å². The summed E-state index contributed by atoms with van der Waals surface area (Å²) in [6.07, 6.45) is 0.